The fourth-order valence-corrected chi connectivity index (χ4v) is 17.3. The molecule has 4 aromatic rings. The van der Waals surface area contributed by atoms with Crippen molar-refractivity contribution >= 4 is 19.2 Å². The number of rotatable bonds is 10. The van der Waals surface area contributed by atoms with E-state index in [0.29, 0.717) is 0 Å². The molecule has 0 aliphatic heterocycles. The molecule has 0 radical (unpaired) electrons. The van der Waals surface area contributed by atoms with Gasteiger partial charge >= 0.3 is 206 Å². The van der Waals surface area contributed by atoms with Crippen molar-refractivity contribution in [2.75, 3.05) is 0 Å². The average molecular weight is 509 g/mol. The van der Waals surface area contributed by atoms with E-state index < -0.39 is 19.2 Å². The number of benzene rings is 4. The molecule has 0 heterocycles. The van der Waals surface area contributed by atoms with Crippen molar-refractivity contribution in [1.82, 2.24) is 0 Å². The van der Waals surface area contributed by atoms with E-state index in [1.54, 1.807) is 0 Å². The summed E-state index contributed by atoms with van der Waals surface area (Å²) in [5.74, 6) is -0.713. The van der Waals surface area contributed by atoms with E-state index >= 15 is 0 Å². The van der Waals surface area contributed by atoms with Crippen LogP contribution in [0.25, 0.3) is 0 Å². The van der Waals surface area contributed by atoms with Gasteiger partial charge in [-0.05, 0) is 0 Å². The minimum atomic E-state index is -3.06. The van der Waals surface area contributed by atoms with E-state index in [1.165, 1.54) is 27.8 Å². The van der Waals surface area contributed by atoms with Crippen LogP contribution >= 0.6 is 0 Å². The summed E-state index contributed by atoms with van der Waals surface area (Å²) in [6, 6.07) is 40.7. The van der Waals surface area contributed by atoms with Gasteiger partial charge in [-0.2, -0.15) is 0 Å². The van der Waals surface area contributed by atoms with Crippen LogP contribution in [0, 0.1) is 6.92 Å². The molecule has 1 atom stereocenters. The molecule has 0 saturated carbocycles. The molecule has 4 aromatic carbocycles. The van der Waals surface area contributed by atoms with Gasteiger partial charge < -0.3 is 0 Å². The summed E-state index contributed by atoms with van der Waals surface area (Å²) < 4.78 is 0.0405. The third-order valence-electron chi connectivity index (χ3n) is 6.79. The summed E-state index contributed by atoms with van der Waals surface area (Å²) in [5.41, 5.74) is 6.33. The second-order valence-electron chi connectivity index (χ2n) is 9.41. The Morgan fingerprint density at radius 1 is 0.647 bits per heavy atom. The molecule has 34 heavy (non-hydrogen) atoms. The molecular weight excluding hydrogens is 477 g/mol. The Balaban J connectivity index is 1.90. The predicted molar refractivity (Wildman–Crippen MR) is 142 cm³/mol. The Kier molecular flexibility index (Phi) is 8.02. The molecule has 0 spiro atoms. The van der Waals surface area contributed by atoms with E-state index in [9.17, 15) is 9.90 Å². The van der Waals surface area contributed by atoms with Gasteiger partial charge in [-0.15, -0.1) is 0 Å². The Labute approximate surface area is 205 Å². The Morgan fingerprint density at radius 2 is 1.03 bits per heavy atom. The summed E-state index contributed by atoms with van der Waals surface area (Å²) in [6.07, 6.45) is 0.176. The van der Waals surface area contributed by atoms with Crippen molar-refractivity contribution in [3.05, 3.63) is 143 Å². The first-order chi connectivity index (χ1) is 16.5. The van der Waals surface area contributed by atoms with E-state index in [-0.39, 0.29) is 11.2 Å². The minimum absolute atomic E-state index is 0.0405. The Morgan fingerprint density at radius 3 is 1.38 bits per heavy atom. The second-order valence-corrected chi connectivity index (χ2v) is 18.8. The first-order valence-corrected chi connectivity index (χ1v) is 17.6. The molecule has 1 unspecified atom stereocenters. The normalized spacial score (nSPS) is 12.3. The number of aliphatic carboxylic acids is 1. The average Bonchev–Trinajstić information content (AvgIpc) is 2.85. The standard InChI is InChI=1S/C31H32GeO2/c1-25-17-19-29(20-18-25)30(21-31(33)34)32(22-26-11-5-2-6-12-26,23-27-13-7-3-8-14-27)24-28-15-9-4-10-16-28/h2-20,30H,21-24H2,1H3,(H,33,34). The third-order valence-corrected chi connectivity index (χ3v) is 18.0. The number of carboxylic acid groups (broad SMARTS) is 1. The summed E-state index contributed by atoms with van der Waals surface area (Å²) in [4.78, 5) is 12.3. The van der Waals surface area contributed by atoms with E-state index in [2.05, 4.69) is 122 Å². The molecule has 3 heteroatoms. The van der Waals surface area contributed by atoms with Crippen molar-refractivity contribution in [2.24, 2.45) is 0 Å². The molecule has 2 nitrogen and oxygen atoms in total. The SMILES string of the molecule is Cc1ccc([CH](CC(=O)O)[Ge]([CH2]c2ccccc2)([CH2]c2ccccc2)[CH2]c2ccccc2)cc1. The first-order valence-electron chi connectivity index (χ1n) is 11.9. The molecule has 0 fully saturated rings. The molecule has 0 bridgehead atoms. The Hall–Kier alpha value is -3.11. The zero-order valence-electron chi connectivity index (χ0n) is 19.7. The predicted octanol–water partition coefficient (Wildman–Crippen LogP) is 6.89. The fraction of sp³-hybridized carbons (Fsp3) is 0.194. The van der Waals surface area contributed by atoms with Gasteiger partial charge in [-0.25, -0.2) is 0 Å². The van der Waals surface area contributed by atoms with E-state index in [0.717, 1.165) is 15.8 Å². The van der Waals surface area contributed by atoms with Crippen LogP contribution in [-0.2, 0) is 20.6 Å². The zero-order valence-corrected chi connectivity index (χ0v) is 21.8. The molecule has 4 rings (SSSR count). The van der Waals surface area contributed by atoms with Crippen LogP contribution in [0.2, 0.25) is 0 Å². The number of carbonyl (C=O) groups is 1. The molecule has 0 aliphatic carbocycles. The third kappa shape index (κ3) is 6.27. The summed E-state index contributed by atoms with van der Waals surface area (Å²) in [6.45, 7) is 2.09. The molecule has 172 valence electrons. The molecule has 0 aromatic heterocycles. The second kappa shape index (κ2) is 11.3. The van der Waals surface area contributed by atoms with E-state index in [1.807, 2.05) is 0 Å². The van der Waals surface area contributed by atoms with Gasteiger partial charge in [0.15, 0.2) is 0 Å². The van der Waals surface area contributed by atoms with Gasteiger partial charge in [0.2, 0.25) is 0 Å². The van der Waals surface area contributed by atoms with Gasteiger partial charge in [-0.1, -0.05) is 0 Å². The van der Waals surface area contributed by atoms with Crippen molar-refractivity contribution < 1.29 is 9.90 Å². The summed E-state index contributed by atoms with van der Waals surface area (Å²) >= 11 is -3.06. The van der Waals surface area contributed by atoms with Crippen LogP contribution in [0.1, 0.15) is 39.0 Å². The molecule has 1 N–H and O–H groups in total. The van der Waals surface area contributed by atoms with Crippen LogP contribution < -0.4 is 0 Å². The molecule has 0 amide bonds. The zero-order chi connectivity index (χ0) is 23.8. The number of hydrogen-bond acceptors (Lipinski definition) is 1. The Bertz CT molecular complexity index is 1070. The van der Waals surface area contributed by atoms with Crippen LogP contribution in [-0.4, -0.2) is 24.3 Å². The van der Waals surface area contributed by atoms with Crippen LogP contribution in [0.15, 0.2) is 115 Å². The fourth-order valence-electron chi connectivity index (χ4n) is 5.23. The maximum absolute atomic E-state index is 12.3. The topological polar surface area (TPSA) is 37.3 Å². The molecular formula is C31H32GeO2. The maximum atomic E-state index is 12.3. The molecule has 0 aliphatic rings. The van der Waals surface area contributed by atoms with Crippen molar-refractivity contribution in [1.29, 1.82) is 0 Å². The number of aryl methyl sites for hydroxylation is 1. The van der Waals surface area contributed by atoms with Gasteiger partial charge in [0.25, 0.3) is 0 Å². The number of carboxylic acids is 1. The quantitative estimate of drug-likeness (QED) is 0.237. The van der Waals surface area contributed by atoms with Crippen LogP contribution in [0.5, 0.6) is 0 Å². The summed E-state index contributed by atoms with van der Waals surface area (Å²) in [5, 5.41) is 13.0. The van der Waals surface area contributed by atoms with Crippen molar-refractivity contribution in [3.63, 3.8) is 0 Å². The van der Waals surface area contributed by atoms with Gasteiger partial charge in [-0.3, -0.25) is 0 Å². The van der Waals surface area contributed by atoms with Gasteiger partial charge in [0, 0.05) is 0 Å². The van der Waals surface area contributed by atoms with Gasteiger partial charge in [0.05, 0.1) is 0 Å². The van der Waals surface area contributed by atoms with Crippen LogP contribution in [0.3, 0.4) is 0 Å². The van der Waals surface area contributed by atoms with Crippen molar-refractivity contribution in [3.8, 4) is 0 Å². The first kappa shape index (κ1) is 24.0. The van der Waals surface area contributed by atoms with Gasteiger partial charge in [0.1, 0.15) is 0 Å². The molecule has 0 saturated heterocycles. The summed E-state index contributed by atoms with van der Waals surface area (Å²) in [7, 11) is 0. The van der Waals surface area contributed by atoms with E-state index in [4.69, 9.17) is 0 Å². The number of hydrogen-bond donors (Lipinski definition) is 1. The van der Waals surface area contributed by atoms with Crippen LogP contribution in [0.4, 0.5) is 0 Å². The van der Waals surface area contributed by atoms with Crippen molar-refractivity contribution in [2.45, 2.75) is 33.9 Å². The monoisotopic (exact) mass is 510 g/mol.